The van der Waals surface area contributed by atoms with E-state index in [1.165, 1.54) is 12.3 Å². The average Bonchev–Trinajstić information content (AvgIpc) is 2.97. The Morgan fingerprint density at radius 3 is 2.52 bits per heavy atom. The zero-order valence-corrected chi connectivity index (χ0v) is 14.4. The Hall–Kier alpha value is -2.66. The lowest BCUT2D eigenvalue weighted by Crippen LogP contribution is -2.52. The van der Waals surface area contributed by atoms with Gasteiger partial charge in [0, 0.05) is 11.3 Å². The van der Waals surface area contributed by atoms with E-state index in [-0.39, 0.29) is 29.5 Å². The van der Waals surface area contributed by atoms with Crippen LogP contribution in [0.3, 0.4) is 0 Å². The molecule has 2 N–H and O–H groups in total. The largest absolute Gasteiger partial charge is 0.467 e. The number of ketones is 1. The number of nitrogens with one attached hydrogen (secondary N) is 1. The number of rotatable bonds is 2. The van der Waals surface area contributed by atoms with E-state index in [0.717, 1.165) is 18.2 Å². The molecule has 7 nitrogen and oxygen atoms in total. The van der Waals surface area contributed by atoms with Crippen molar-refractivity contribution >= 4 is 27.2 Å². The summed E-state index contributed by atoms with van der Waals surface area (Å²) in [4.78, 5) is 23.8. The van der Waals surface area contributed by atoms with Crippen LogP contribution in [0.2, 0.25) is 0 Å². The predicted octanol–water partition coefficient (Wildman–Crippen LogP) is 2.05. The van der Waals surface area contributed by atoms with Crippen LogP contribution in [-0.4, -0.2) is 37.0 Å². The topological polar surface area (TPSA) is 114 Å². The number of benzene rings is 1. The summed E-state index contributed by atoms with van der Waals surface area (Å²) >= 11 is 0. The van der Waals surface area contributed by atoms with Crippen LogP contribution in [0, 0.1) is 0 Å². The number of carbonyl (C=O) groups is 2. The summed E-state index contributed by atoms with van der Waals surface area (Å²) in [5.74, 6) is -3.10. The van der Waals surface area contributed by atoms with E-state index < -0.39 is 44.0 Å². The van der Waals surface area contributed by atoms with E-state index in [2.05, 4.69) is 0 Å². The predicted molar refractivity (Wildman–Crippen MR) is 84.8 cm³/mol. The van der Waals surface area contributed by atoms with Gasteiger partial charge in [-0.2, -0.15) is 13.2 Å². The number of fused-ring (bicyclic) bond motifs is 2. The van der Waals surface area contributed by atoms with Crippen molar-refractivity contribution in [2.24, 2.45) is 0 Å². The summed E-state index contributed by atoms with van der Waals surface area (Å²) in [5, 5.41) is 11.2. The molecule has 27 heavy (non-hydrogen) atoms. The molecule has 0 radical (unpaired) electrons. The van der Waals surface area contributed by atoms with Gasteiger partial charge in [0.15, 0.2) is 15.6 Å². The van der Waals surface area contributed by atoms with E-state index in [4.69, 9.17) is 4.42 Å². The lowest BCUT2D eigenvalue weighted by atomic mass is 10.0. The summed E-state index contributed by atoms with van der Waals surface area (Å²) < 4.78 is 68.3. The fraction of sp³-hybridized carbons (Fsp3) is 0.250. The van der Waals surface area contributed by atoms with E-state index in [1.54, 1.807) is 0 Å². The molecule has 2 heterocycles. The smallest absolute Gasteiger partial charge is 0.426 e. The molecule has 0 spiro atoms. The molecule has 0 saturated carbocycles. The highest BCUT2D eigenvalue weighted by Crippen LogP contribution is 2.34. The van der Waals surface area contributed by atoms with Gasteiger partial charge in [-0.05, 0) is 31.2 Å². The van der Waals surface area contributed by atoms with Crippen LogP contribution < -0.4 is 5.32 Å². The van der Waals surface area contributed by atoms with E-state index in [0.29, 0.717) is 0 Å². The van der Waals surface area contributed by atoms with Gasteiger partial charge >= 0.3 is 6.18 Å². The van der Waals surface area contributed by atoms with Gasteiger partial charge in [0.25, 0.3) is 5.91 Å². The van der Waals surface area contributed by atoms with Crippen molar-refractivity contribution in [2.45, 2.75) is 29.3 Å². The number of aliphatic hydroxyl groups is 1. The van der Waals surface area contributed by atoms with Gasteiger partial charge in [-0.1, -0.05) is 0 Å². The minimum atomic E-state index is -5.24. The van der Waals surface area contributed by atoms with E-state index in [1.807, 2.05) is 5.32 Å². The highest BCUT2D eigenvalue weighted by Gasteiger charge is 2.55. The summed E-state index contributed by atoms with van der Waals surface area (Å²) in [6, 6.07) is 4.34. The lowest BCUT2D eigenvalue weighted by molar-refractivity contribution is -0.242. The van der Waals surface area contributed by atoms with Crippen LogP contribution in [0.5, 0.6) is 0 Å². The zero-order chi connectivity index (χ0) is 20.2. The first kappa shape index (κ1) is 19.1. The molecule has 1 aromatic heterocycles. The molecule has 0 saturated heterocycles. The zero-order valence-electron chi connectivity index (χ0n) is 13.6. The number of anilines is 1. The molecule has 1 aliphatic heterocycles. The maximum atomic E-state index is 12.7. The molecule has 1 aliphatic rings. The number of alkyl halides is 3. The summed E-state index contributed by atoms with van der Waals surface area (Å²) in [7, 11) is -4.07. The number of carbonyl (C=O) groups excluding carboxylic acids is 2. The van der Waals surface area contributed by atoms with Crippen molar-refractivity contribution in [3.05, 3.63) is 47.4 Å². The number of hydrogen-bond acceptors (Lipinski definition) is 6. The molecule has 0 fully saturated rings. The van der Waals surface area contributed by atoms with Crippen molar-refractivity contribution in [3.63, 3.8) is 0 Å². The third-order valence-corrected chi connectivity index (χ3v) is 5.77. The first-order valence-corrected chi connectivity index (χ1v) is 9.08. The van der Waals surface area contributed by atoms with Gasteiger partial charge in [0.1, 0.15) is 11.5 Å². The van der Waals surface area contributed by atoms with Crippen molar-refractivity contribution < 1.29 is 40.7 Å². The van der Waals surface area contributed by atoms with Gasteiger partial charge < -0.3 is 14.8 Å². The lowest BCUT2D eigenvalue weighted by Gasteiger charge is -2.25. The van der Waals surface area contributed by atoms with Crippen molar-refractivity contribution in [1.82, 2.24) is 0 Å². The number of sulfone groups is 1. The SMILES string of the molecule is CC(O)(C(=O)Nc1ccc2c(c1)S(=O)(=O)Cc1occc1C2=O)C(F)(F)F. The Bertz CT molecular complexity index is 1050. The minimum Gasteiger partial charge on any atom is -0.467 e. The summed E-state index contributed by atoms with van der Waals surface area (Å²) in [6.45, 7) is 0.268. The van der Waals surface area contributed by atoms with Gasteiger partial charge in [-0.3, -0.25) is 9.59 Å². The molecule has 3 rings (SSSR count). The molecule has 2 aromatic rings. The molecule has 1 aromatic carbocycles. The molecule has 11 heteroatoms. The average molecular weight is 403 g/mol. The van der Waals surface area contributed by atoms with Crippen molar-refractivity contribution in [1.29, 1.82) is 0 Å². The minimum absolute atomic E-state index is 0.0539. The number of furan rings is 1. The molecule has 1 atom stereocenters. The van der Waals surface area contributed by atoms with Gasteiger partial charge in [0.05, 0.1) is 16.7 Å². The number of halogens is 3. The summed E-state index contributed by atoms with van der Waals surface area (Å²) in [6.07, 6.45) is -4.06. The molecule has 1 amide bonds. The van der Waals surface area contributed by atoms with E-state index in [9.17, 15) is 36.3 Å². The maximum Gasteiger partial charge on any atom is 0.426 e. The maximum absolute atomic E-state index is 12.7. The monoisotopic (exact) mass is 403 g/mol. The number of amides is 1. The molecule has 0 aliphatic carbocycles. The second-order valence-electron chi connectivity index (χ2n) is 6.08. The first-order valence-electron chi connectivity index (χ1n) is 7.43. The molecule has 0 bridgehead atoms. The third-order valence-electron chi connectivity index (χ3n) is 4.12. The van der Waals surface area contributed by atoms with Crippen LogP contribution in [0.25, 0.3) is 0 Å². The van der Waals surface area contributed by atoms with Crippen molar-refractivity contribution in [2.75, 3.05) is 5.32 Å². The Morgan fingerprint density at radius 1 is 1.22 bits per heavy atom. The Morgan fingerprint density at radius 2 is 1.89 bits per heavy atom. The van der Waals surface area contributed by atoms with Gasteiger partial charge in [-0.15, -0.1) is 0 Å². The van der Waals surface area contributed by atoms with Gasteiger partial charge in [-0.25, -0.2) is 8.42 Å². The fourth-order valence-electron chi connectivity index (χ4n) is 2.48. The standard InChI is InChI=1S/C16H12F3NO6S/c1-15(23,16(17,18)19)14(22)20-8-2-3-10-12(6-8)27(24,25)7-11-9(13(10)21)4-5-26-11/h2-6,23H,7H2,1H3,(H,20,22). The van der Waals surface area contributed by atoms with Gasteiger partial charge in [0.2, 0.25) is 5.60 Å². The highest BCUT2D eigenvalue weighted by molar-refractivity contribution is 7.90. The van der Waals surface area contributed by atoms with E-state index >= 15 is 0 Å². The van der Waals surface area contributed by atoms with Crippen LogP contribution >= 0.6 is 0 Å². The van der Waals surface area contributed by atoms with Crippen LogP contribution in [0.1, 0.15) is 28.6 Å². The molecular formula is C16H12F3NO6S. The molecular weight excluding hydrogens is 391 g/mol. The van der Waals surface area contributed by atoms with Crippen molar-refractivity contribution in [3.8, 4) is 0 Å². The quantitative estimate of drug-likeness (QED) is 0.794. The second kappa shape index (κ2) is 5.92. The Kier molecular flexibility index (Phi) is 4.19. The van der Waals surface area contributed by atoms with Crippen LogP contribution in [0.15, 0.2) is 39.8 Å². The normalized spacial score (nSPS) is 18.0. The van der Waals surface area contributed by atoms with Crippen LogP contribution in [-0.2, 0) is 20.4 Å². The molecule has 1 unspecified atom stereocenters. The second-order valence-corrected chi connectivity index (χ2v) is 8.04. The third kappa shape index (κ3) is 3.12. The molecule has 144 valence electrons. The number of hydrogen-bond donors (Lipinski definition) is 2. The summed E-state index contributed by atoms with van der Waals surface area (Å²) in [5.41, 5.74) is -4.14. The highest BCUT2D eigenvalue weighted by atomic mass is 32.2. The first-order chi connectivity index (χ1) is 12.3. The Labute approximate surface area is 150 Å². The fourth-order valence-corrected chi connectivity index (χ4v) is 4.00. The van der Waals surface area contributed by atoms with Crippen LogP contribution in [0.4, 0.5) is 18.9 Å². The Balaban J connectivity index is 2.02.